The molecule has 1 saturated heterocycles. The van der Waals surface area contributed by atoms with Crippen LogP contribution in [0.5, 0.6) is 0 Å². The highest BCUT2D eigenvalue weighted by atomic mass is 19.4. The Bertz CT molecular complexity index is 1650. The van der Waals surface area contributed by atoms with E-state index in [1.54, 1.807) is 42.5 Å². The minimum atomic E-state index is -4.71. The first-order valence-electron chi connectivity index (χ1n) is 13.4. The number of rotatable bonds is 5. The van der Waals surface area contributed by atoms with Gasteiger partial charge in [0.25, 0.3) is 11.7 Å². The molecule has 2 aliphatic heterocycles. The minimum absolute atomic E-state index is 0.0345. The number of carbonyl (C=O) groups is 2. The van der Waals surface area contributed by atoms with E-state index in [1.165, 1.54) is 0 Å². The van der Waals surface area contributed by atoms with Crippen LogP contribution in [0.15, 0.2) is 67.0 Å². The number of anilines is 3. The molecule has 0 bridgehead atoms. The molecule has 2 aromatic heterocycles. The summed E-state index contributed by atoms with van der Waals surface area (Å²) in [4.78, 5) is 38.9. The van der Waals surface area contributed by atoms with Crippen molar-refractivity contribution in [3.63, 3.8) is 0 Å². The number of fused-ring (bicyclic) bond motifs is 3. The van der Waals surface area contributed by atoms with Crippen LogP contribution >= 0.6 is 0 Å². The number of aryl methyl sites for hydroxylation is 1. The monoisotopic (exact) mass is 578 g/mol. The molecule has 1 fully saturated rings. The quantitative estimate of drug-likeness (QED) is 0.202. The summed E-state index contributed by atoms with van der Waals surface area (Å²) in [5, 5.41) is 2.59. The molecule has 42 heavy (non-hydrogen) atoms. The molecule has 4 aromatic rings. The Balaban J connectivity index is 1.20. The summed E-state index contributed by atoms with van der Waals surface area (Å²) in [7, 11) is 1.13. The Labute approximate surface area is 238 Å². The van der Waals surface area contributed by atoms with Crippen LogP contribution < -0.4 is 15.1 Å². The average molecular weight is 579 g/mol. The lowest BCUT2D eigenvalue weighted by molar-refractivity contribution is -0.143. The number of hydrogen-bond donors (Lipinski definition) is 1. The molecule has 2 aliphatic rings. The second-order valence-corrected chi connectivity index (χ2v) is 10.4. The van der Waals surface area contributed by atoms with Gasteiger partial charge >= 0.3 is 6.18 Å². The van der Waals surface area contributed by atoms with Crippen LogP contribution in [0.3, 0.4) is 0 Å². The van der Waals surface area contributed by atoms with Crippen LogP contribution in [0.1, 0.15) is 28.2 Å². The second-order valence-electron chi connectivity index (χ2n) is 10.4. The molecule has 1 atom stereocenters. The molecule has 4 heterocycles. The van der Waals surface area contributed by atoms with E-state index in [-0.39, 0.29) is 17.3 Å². The maximum absolute atomic E-state index is 13.7. The first-order chi connectivity index (χ1) is 20.1. The molecule has 0 spiro atoms. The summed E-state index contributed by atoms with van der Waals surface area (Å²) in [6.07, 6.45) is -0.856. The number of amides is 1. The molecule has 1 amide bonds. The fourth-order valence-electron chi connectivity index (χ4n) is 5.82. The molecule has 2 aromatic carbocycles. The van der Waals surface area contributed by atoms with Gasteiger partial charge in [-0.2, -0.15) is 13.2 Å². The fourth-order valence-corrected chi connectivity index (χ4v) is 5.82. The van der Waals surface area contributed by atoms with Crippen molar-refractivity contribution in [2.24, 2.45) is 7.05 Å². The van der Waals surface area contributed by atoms with Gasteiger partial charge in [-0.3, -0.25) is 9.59 Å². The molecular weight excluding hydrogens is 552 g/mol. The van der Waals surface area contributed by atoms with Gasteiger partial charge in [0.05, 0.1) is 12.4 Å². The van der Waals surface area contributed by atoms with Crippen molar-refractivity contribution in [3.8, 4) is 11.1 Å². The minimum Gasteiger partial charge on any atom is -0.365 e. The molecule has 216 valence electrons. The zero-order valence-electron chi connectivity index (χ0n) is 22.5. The zero-order chi connectivity index (χ0) is 29.6. The Morgan fingerprint density at radius 2 is 1.74 bits per heavy atom. The van der Waals surface area contributed by atoms with Crippen molar-refractivity contribution in [1.82, 2.24) is 14.5 Å². The van der Waals surface area contributed by atoms with E-state index in [9.17, 15) is 27.2 Å². The first-order valence-corrected chi connectivity index (χ1v) is 13.4. The van der Waals surface area contributed by atoms with E-state index in [0.717, 1.165) is 54.2 Å². The summed E-state index contributed by atoms with van der Waals surface area (Å²) in [6, 6.07) is 14.7. The smallest absolute Gasteiger partial charge is 0.365 e. The number of nitrogens with one attached hydrogen (secondary N) is 1. The molecule has 0 radical (unpaired) electrons. The number of benzene rings is 2. The first kappa shape index (κ1) is 27.4. The third-order valence-corrected chi connectivity index (χ3v) is 7.80. The predicted molar refractivity (Wildman–Crippen MR) is 149 cm³/mol. The summed E-state index contributed by atoms with van der Waals surface area (Å²) in [5.74, 6) is -2.09. The van der Waals surface area contributed by atoms with Crippen LogP contribution in [0.25, 0.3) is 11.1 Å². The van der Waals surface area contributed by atoms with E-state index in [1.807, 2.05) is 11.0 Å². The second kappa shape index (κ2) is 10.6. The largest absolute Gasteiger partial charge is 0.431 e. The third-order valence-electron chi connectivity index (χ3n) is 7.80. The van der Waals surface area contributed by atoms with Gasteiger partial charge in [0.15, 0.2) is 5.82 Å². The number of aromatic nitrogens is 3. The van der Waals surface area contributed by atoms with Crippen molar-refractivity contribution in [3.05, 3.63) is 89.8 Å². The van der Waals surface area contributed by atoms with Gasteiger partial charge < -0.3 is 19.7 Å². The van der Waals surface area contributed by atoms with Crippen LogP contribution in [0.4, 0.5) is 34.9 Å². The van der Waals surface area contributed by atoms with Crippen LogP contribution in [-0.4, -0.2) is 51.9 Å². The number of nitrogens with zero attached hydrogens (tertiary/aromatic N) is 5. The van der Waals surface area contributed by atoms with Gasteiger partial charge in [-0.25, -0.2) is 14.4 Å². The van der Waals surface area contributed by atoms with Crippen LogP contribution in [0, 0.1) is 5.82 Å². The molecule has 6 rings (SSSR count). The molecule has 1 N–H and O–H groups in total. The van der Waals surface area contributed by atoms with Crippen LogP contribution in [-0.2, 0) is 24.4 Å². The number of carbonyl (C=O) groups excluding carboxylic acids is 2. The van der Waals surface area contributed by atoms with Gasteiger partial charge in [0, 0.05) is 49.7 Å². The summed E-state index contributed by atoms with van der Waals surface area (Å²) in [6.45, 7) is 2.02. The highest BCUT2D eigenvalue weighted by Crippen LogP contribution is 2.37. The topological polar surface area (TPSA) is 83.4 Å². The fraction of sp³-hybridized carbons (Fsp3) is 0.267. The Hall–Kier alpha value is -4.74. The van der Waals surface area contributed by atoms with Gasteiger partial charge in [0.1, 0.15) is 11.4 Å². The zero-order valence-corrected chi connectivity index (χ0v) is 22.5. The highest BCUT2D eigenvalue weighted by Gasteiger charge is 2.38. The summed E-state index contributed by atoms with van der Waals surface area (Å²) in [5.41, 5.74) is 1.46. The lowest BCUT2D eigenvalue weighted by Gasteiger charge is -2.46. The van der Waals surface area contributed by atoms with Gasteiger partial charge in [-0.15, -0.1) is 0 Å². The van der Waals surface area contributed by atoms with Crippen molar-refractivity contribution >= 4 is 29.0 Å². The highest BCUT2D eigenvalue weighted by molar-refractivity contribution is 6.47. The molecule has 8 nitrogen and oxygen atoms in total. The number of hydrogen-bond acceptors (Lipinski definition) is 6. The number of piperazine rings is 1. The number of halogens is 4. The molecule has 12 heteroatoms. The molecule has 0 saturated carbocycles. The van der Waals surface area contributed by atoms with Crippen molar-refractivity contribution in [1.29, 1.82) is 0 Å². The van der Waals surface area contributed by atoms with E-state index in [2.05, 4.69) is 20.2 Å². The Morgan fingerprint density at radius 3 is 2.45 bits per heavy atom. The standard InChI is InChI=1S/C30H26F4N6O2/c1-38-25(30(32,33)34)14-23(18-5-3-2-4-6-18)26(38)27(41)28(42)37-21-8-10-24-19(13-21)7-9-22-17-39(11-12-40(22)24)29-35-15-20(31)16-36-29/h2-6,8,10,13-16,22H,7,9,11-12,17H2,1H3,(H,37,42). The van der Waals surface area contributed by atoms with Gasteiger partial charge in [0.2, 0.25) is 5.95 Å². The normalized spacial score (nSPS) is 16.5. The number of ketones is 1. The van der Waals surface area contributed by atoms with Crippen molar-refractivity contribution in [2.45, 2.75) is 25.1 Å². The van der Waals surface area contributed by atoms with Crippen LogP contribution in [0.2, 0.25) is 0 Å². The van der Waals surface area contributed by atoms with E-state index < -0.39 is 29.4 Å². The Morgan fingerprint density at radius 1 is 1.00 bits per heavy atom. The maximum Gasteiger partial charge on any atom is 0.431 e. The number of alkyl halides is 3. The maximum atomic E-state index is 13.7. The van der Waals surface area contributed by atoms with E-state index >= 15 is 0 Å². The summed E-state index contributed by atoms with van der Waals surface area (Å²) >= 11 is 0. The predicted octanol–water partition coefficient (Wildman–Crippen LogP) is 5.10. The van der Waals surface area contributed by atoms with Crippen molar-refractivity contribution < 1.29 is 27.2 Å². The van der Waals surface area contributed by atoms with E-state index in [4.69, 9.17) is 0 Å². The lowest BCUT2D eigenvalue weighted by Crippen LogP contribution is -2.55. The SMILES string of the molecule is Cn1c(C(F)(F)F)cc(-c2ccccc2)c1C(=O)C(=O)Nc1ccc2c(c1)CCC1CN(c3ncc(F)cn3)CCN21. The van der Waals surface area contributed by atoms with Gasteiger partial charge in [-0.05, 0) is 48.2 Å². The summed E-state index contributed by atoms with van der Waals surface area (Å²) < 4.78 is 55.1. The third kappa shape index (κ3) is 5.08. The Kier molecular flexibility index (Phi) is 6.91. The van der Waals surface area contributed by atoms with E-state index in [0.29, 0.717) is 36.8 Å². The lowest BCUT2D eigenvalue weighted by atomic mass is 9.93. The van der Waals surface area contributed by atoms with Gasteiger partial charge in [-0.1, -0.05) is 30.3 Å². The average Bonchev–Trinajstić information content (AvgIpc) is 3.34. The molecule has 0 aliphatic carbocycles. The van der Waals surface area contributed by atoms with Crippen molar-refractivity contribution in [2.75, 3.05) is 34.8 Å². The molecular formula is C30H26F4N6O2. The number of Topliss-reactive ketones (excluding diaryl/α,β-unsaturated/α-hetero) is 1. The molecule has 1 unspecified atom stereocenters.